The van der Waals surface area contributed by atoms with Gasteiger partial charge in [-0.15, -0.1) is 0 Å². The number of rotatable bonds is 13. The molecule has 0 spiro atoms. The maximum Gasteiger partial charge on any atom is 0.294 e. The summed E-state index contributed by atoms with van der Waals surface area (Å²) < 4.78 is 105. The van der Waals surface area contributed by atoms with Gasteiger partial charge in [0, 0.05) is 79.8 Å². The van der Waals surface area contributed by atoms with Gasteiger partial charge in [0.2, 0.25) is 29.3 Å². The Labute approximate surface area is 411 Å². The van der Waals surface area contributed by atoms with Crippen LogP contribution < -0.4 is 32.1 Å². The van der Waals surface area contributed by atoms with Crippen molar-refractivity contribution >= 4 is 71.1 Å². The van der Waals surface area contributed by atoms with Crippen LogP contribution in [0.4, 0.5) is 11.4 Å². The zero-order chi connectivity index (χ0) is 51.5. The molecule has 2 unspecified atom stereocenters. The van der Waals surface area contributed by atoms with E-state index in [2.05, 4.69) is 26.0 Å². The molecule has 9 N–H and O–H groups in total. The van der Waals surface area contributed by atoms with Gasteiger partial charge in [-0.2, -0.15) is 29.8 Å². The van der Waals surface area contributed by atoms with E-state index < -0.39 is 64.8 Å². The normalized spacial score (nSPS) is 21.0. The third kappa shape index (κ3) is 14.8. The van der Waals surface area contributed by atoms with Gasteiger partial charge in [-0.25, -0.2) is 5.84 Å². The van der Waals surface area contributed by atoms with Crippen molar-refractivity contribution in [2.45, 2.75) is 144 Å². The second-order valence-corrected chi connectivity index (χ2v) is 23.2. The highest BCUT2D eigenvalue weighted by atomic mass is 32.2. The molecule has 20 nitrogen and oxygen atoms in total. The number of unbranched alkanes of at least 4 members (excludes halogenated alkanes) is 2. The highest BCUT2D eigenvalue weighted by Crippen LogP contribution is 2.51. The first kappa shape index (κ1) is 55.9. The minimum Gasteiger partial charge on any atom is -0.354 e. The van der Waals surface area contributed by atoms with Crippen molar-refractivity contribution in [2.75, 3.05) is 36.8 Å². The number of nitrogens with one attached hydrogen (secondary N) is 4. The fraction of sp³-hybridized carbons (Fsp3) is 0.553. The second-order valence-electron chi connectivity index (χ2n) is 18.8. The summed E-state index contributed by atoms with van der Waals surface area (Å²) in [7, 11) is -13.5. The lowest BCUT2D eigenvalue weighted by molar-refractivity contribution is -0.438. The summed E-state index contributed by atoms with van der Waals surface area (Å²) >= 11 is 0. The van der Waals surface area contributed by atoms with Gasteiger partial charge in [-0.1, -0.05) is 31.8 Å². The number of amides is 4. The average molecular weight is 1040 g/mol. The number of nitrogens with zero attached hydrogens (tertiary/aromatic N) is 2. The molecule has 0 saturated carbocycles. The van der Waals surface area contributed by atoms with Gasteiger partial charge in [0.15, 0.2) is 5.71 Å². The van der Waals surface area contributed by atoms with Crippen LogP contribution in [0.2, 0.25) is 0 Å². The van der Waals surface area contributed by atoms with Crippen molar-refractivity contribution in [3.63, 3.8) is 0 Å². The molecule has 0 saturated heterocycles. The average Bonchev–Trinajstić information content (AvgIpc) is 3.64. The molecule has 3 heterocycles. The molecule has 2 aromatic rings. The summed E-state index contributed by atoms with van der Waals surface area (Å²) in [4.78, 5) is 52.4. The topological polar surface area (TPSA) is 312 Å². The molecule has 23 heteroatoms. The van der Waals surface area contributed by atoms with E-state index in [0.717, 1.165) is 17.8 Å². The van der Waals surface area contributed by atoms with Gasteiger partial charge in [0.05, 0.1) is 21.0 Å². The number of carbonyl (C=O) groups excluding carboxylic acids is 4. The van der Waals surface area contributed by atoms with E-state index >= 15 is 0 Å². The number of nitrogens with two attached hydrogens (primary N) is 1. The molecule has 386 valence electrons. The van der Waals surface area contributed by atoms with E-state index in [1.165, 1.54) is 24.3 Å². The number of benzene rings is 2. The van der Waals surface area contributed by atoms with Crippen LogP contribution in [-0.4, -0.2) is 111 Å². The van der Waals surface area contributed by atoms with Crippen molar-refractivity contribution in [2.24, 2.45) is 5.84 Å². The van der Waals surface area contributed by atoms with Crippen molar-refractivity contribution in [1.82, 2.24) is 21.4 Å². The van der Waals surface area contributed by atoms with Crippen LogP contribution in [-0.2, 0) is 60.4 Å². The molecule has 0 bridgehead atoms. The van der Waals surface area contributed by atoms with E-state index in [1.54, 1.807) is 12.1 Å². The smallest absolute Gasteiger partial charge is 0.294 e. The molecule has 2 atom stereocenters. The fourth-order valence-electron chi connectivity index (χ4n) is 9.51. The summed E-state index contributed by atoms with van der Waals surface area (Å²) in [5, 5.41) is 8.38. The maximum atomic E-state index is 13.4. The van der Waals surface area contributed by atoms with Crippen LogP contribution >= 0.6 is 0 Å². The Bertz CT molecular complexity index is 2720. The Morgan fingerprint density at radius 1 is 0.814 bits per heavy atom. The van der Waals surface area contributed by atoms with Gasteiger partial charge >= 0.3 is 0 Å². The number of hydrazine groups is 1. The van der Waals surface area contributed by atoms with Gasteiger partial charge in [0.25, 0.3) is 30.4 Å². The van der Waals surface area contributed by atoms with Gasteiger partial charge in [-0.05, 0) is 108 Å². The number of hydrogen-bond acceptors (Lipinski definition) is 12. The maximum absolute atomic E-state index is 13.4. The number of anilines is 1. The van der Waals surface area contributed by atoms with E-state index in [1.807, 2.05) is 43.9 Å². The van der Waals surface area contributed by atoms with Gasteiger partial charge < -0.3 is 20.9 Å². The van der Waals surface area contributed by atoms with Crippen LogP contribution in [0.25, 0.3) is 0 Å². The molecule has 0 fully saturated rings. The Morgan fingerprint density at radius 3 is 2.13 bits per heavy atom. The summed E-state index contributed by atoms with van der Waals surface area (Å²) in [5.41, 5.74) is 4.35. The summed E-state index contributed by atoms with van der Waals surface area (Å²) in [6, 6.07) is 7.63. The zero-order valence-corrected chi connectivity index (χ0v) is 42.5. The Balaban J connectivity index is 1.50. The summed E-state index contributed by atoms with van der Waals surface area (Å²) in [5.74, 6) is 3.15. The first-order chi connectivity index (χ1) is 32.9. The largest absolute Gasteiger partial charge is 0.354 e. The molecule has 0 aliphatic carbocycles. The van der Waals surface area contributed by atoms with E-state index in [4.69, 9.17) is 5.84 Å². The van der Waals surface area contributed by atoms with Crippen LogP contribution in [0.3, 0.4) is 0 Å². The molecule has 0 aromatic heterocycles. The molecule has 0 radical (unpaired) electrons. The molecule has 3 aliphatic heterocycles. The highest BCUT2D eigenvalue weighted by Gasteiger charge is 2.46. The first-order valence-corrected chi connectivity index (χ1v) is 28.2. The van der Waals surface area contributed by atoms with Crippen LogP contribution in [0.15, 0.2) is 70.1 Å². The molecule has 5 rings (SSSR count). The molecule has 70 heavy (non-hydrogen) atoms. The quantitative estimate of drug-likeness (QED) is 0.0348. The third-order valence-electron chi connectivity index (χ3n) is 13.3. The molecule has 3 aliphatic rings. The van der Waals surface area contributed by atoms with Gasteiger partial charge in [-0.3, -0.25) is 38.3 Å². The standard InChI is InChI=1S/C47H67N7O13S3/c1-46(2)35-30-33(69(62,63)64)21-23-38(35)53-27-13-5-4-8-18-42(55)50-32-37(45(58)49-26-12-7-10-20-44(57)52-48)51-43(56)19-9-6-11-25-47(3)36-31-34(70(65,66)67)22-24-39(36)54(28-15-29-68(59,60)61)41(47)17-14-16-40(46)53/h14,16-17,21-24,30-31,37H,4-13,15,18-20,25-29,32,48H2,1-3H3,(H6-,49,50,51,52,55,56,57,58,59,60,61,62,63,64,65,66,67)/p+1. The van der Waals surface area contributed by atoms with Crippen molar-refractivity contribution in [3.8, 4) is 0 Å². The predicted molar refractivity (Wildman–Crippen MR) is 263 cm³/mol. The third-order valence-corrected chi connectivity index (χ3v) is 15.8. The first-order valence-electron chi connectivity index (χ1n) is 23.7. The van der Waals surface area contributed by atoms with Gasteiger partial charge in [0.1, 0.15) is 12.6 Å². The molecular formula is C47H68N7O13S3+. The lowest BCUT2D eigenvalue weighted by Crippen LogP contribution is -2.52. The fourth-order valence-corrected chi connectivity index (χ4v) is 11.0. The Morgan fingerprint density at radius 2 is 1.46 bits per heavy atom. The van der Waals surface area contributed by atoms with Crippen molar-refractivity contribution < 1.29 is 62.7 Å². The van der Waals surface area contributed by atoms with Crippen LogP contribution in [0, 0.1) is 0 Å². The molecule has 4 amide bonds. The van der Waals surface area contributed by atoms with Crippen LogP contribution in [0.5, 0.6) is 0 Å². The molecule has 2 aromatic carbocycles. The Kier molecular flexibility index (Phi) is 19.1. The number of fused-ring (bicyclic) bond motifs is 5. The van der Waals surface area contributed by atoms with Crippen LogP contribution in [0.1, 0.15) is 128 Å². The predicted octanol–water partition coefficient (Wildman–Crippen LogP) is 4.23. The second kappa shape index (κ2) is 23.9. The number of allylic oxidation sites excluding steroid dienone is 4. The minimum absolute atomic E-state index is 0.00613. The SMILES string of the molecule is CC1(C)C2=[N+](CCCCCCC(=O)NCC(C(=O)NCCCCCC(=O)NN)NC(=O)CCCCCC3(C)C(=CC=C2)N(CCCS(=O)(=O)O)c2ccc(S(=O)(=O)O)cc23)c2ccc(S(=O)(=O)O)cc21. The lowest BCUT2D eigenvalue weighted by Gasteiger charge is -2.30. The summed E-state index contributed by atoms with van der Waals surface area (Å²) in [6.07, 6.45) is 12.3. The zero-order valence-electron chi connectivity index (χ0n) is 40.0. The molecular weight excluding hydrogens is 967 g/mol. The van der Waals surface area contributed by atoms with Crippen molar-refractivity contribution in [1.29, 1.82) is 0 Å². The highest BCUT2D eigenvalue weighted by molar-refractivity contribution is 7.86. The lowest BCUT2D eigenvalue weighted by atomic mass is 9.77. The number of hydrogen-bond donors (Lipinski definition) is 8. The van der Waals surface area contributed by atoms with Crippen molar-refractivity contribution in [3.05, 3.63) is 71.5 Å². The van der Waals surface area contributed by atoms with E-state index in [-0.39, 0.29) is 66.9 Å². The summed E-state index contributed by atoms with van der Waals surface area (Å²) in [6.45, 7) is 6.56. The van der Waals surface area contributed by atoms with E-state index in [9.17, 15) is 58.1 Å². The number of carbonyl (C=O) groups is 4. The monoisotopic (exact) mass is 1030 g/mol. The minimum atomic E-state index is -4.65. The van der Waals surface area contributed by atoms with E-state index in [0.29, 0.717) is 93.3 Å². The Hall–Kier alpha value is -5.04.